The van der Waals surface area contributed by atoms with E-state index in [1.807, 2.05) is 23.1 Å². The van der Waals surface area contributed by atoms with Crippen molar-refractivity contribution in [1.29, 1.82) is 0 Å². The number of benzene rings is 1. The predicted molar refractivity (Wildman–Crippen MR) is 72.2 cm³/mol. The molecule has 0 aliphatic rings. The van der Waals surface area contributed by atoms with E-state index < -0.39 is 0 Å². The second-order valence-electron chi connectivity index (χ2n) is 3.61. The molecule has 0 aliphatic heterocycles. The van der Waals surface area contributed by atoms with Gasteiger partial charge >= 0.3 is 0 Å². The van der Waals surface area contributed by atoms with Gasteiger partial charge in [0.15, 0.2) is 4.34 Å². The van der Waals surface area contributed by atoms with E-state index >= 15 is 0 Å². The highest BCUT2D eigenvalue weighted by atomic mass is 32.2. The number of thiazole rings is 1. The first kappa shape index (κ1) is 11.7. The van der Waals surface area contributed by atoms with Crippen molar-refractivity contribution in [2.45, 2.75) is 30.4 Å². The van der Waals surface area contributed by atoms with Gasteiger partial charge in [0.2, 0.25) is 0 Å². The van der Waals surface area contributed by atoms with Crippen molar-refractivity contribution >= 4 is 23.1 Å². The van der Waals surface area contributed by atoms with E-state index in [4.69, 9.17) is 0 Å². The molecule has 2 aromatic rings. The molecular formula is C13H15NS2. The second-order valence-corrected chi connectivity index (χ2v) is 6.04. The molecule has 0 saturated carbocycles. The highest BCUT2D eigenvalue weighted by Crippen LogP contribution is 2.29. The second kappa shape index (κ2) is 5.51. The predicted octanol–water partition coefficient (Wildman–Crippen LogP) is 4.31. The summed E-state index contributed by atoms with van der Waals surface area (Å²) in [7, 11) is 0. The lowest BCUT2D eigenvalue weighted by atomic mass is 10.2. The summed E-state index contributed by atoms with van der Waals surface area (Å²) in [6.07, 6.45) is 1.04. The van der Waals surface area contributed by atoms with Crippen molar-refractivity contribution in [2.24, 2.45) is 0 Å². The van der Waals surface area contributed by atoms with Gasteiger partial charge in [-0.1, -0.05) is 49.0 Å². The molecule has 1 aromatic heterocycles. The van der Waals surface area contributed by atoms with Gasteiger partial charge in [0.05, 0.1) is 5.69 Å². The number of hydrogen-bond donors (Lipinski definition) is 0. The fourth-order valence-electron chi connectivity index (χ4n) is 1.51. The number of aromatic nitrogens is 1. The van der Waals surface area contributed by atoms with Crippen molar-refractivity contribution in [3.05, 3.63) is 46.5 Å². The van der Waals surface area contributed by atoms with Gasteiger partial charge in [-0.2, -0.15) is 0 Å². The van der Waals surface area contributed by atoms with E-state index in [0.29, 0.717) is 0 Å². The van der Waals surface area contributed by atoms with Gasteiger partial charge in [0.25, 0.3) is 0 Å². The van der Waals surface area contributed by atoms with E-state index in [9.17, 15) is 0 Å². The number of nitrogens with zero attached hydrogens (tertiary/aromatic N) is 1. The lowest BCUT2D eigenvalue weighted by Crippen LogP contribution is -1.82. The van der Waals surface area contributed by atoms with Crippen molar-refractivity contribution in [1.82, 2.24) is 4.98 Å². The highest BCUT2D eigenvalue weighted by Gasteiger charge is 2.06. The molecule has 3 heteroatoms. The third-order valence-electron chi connectivity index (χ3n) is 2.41. The Morgan fingerprint density at radius 3 is 2.62 bits per heavy atom. The Morgan fingerprint density at radius 1 is 1.25 bits per heavy atom. The Morgan fingerprint density at radius 2 is 2.00 bits per heavy atom. The van der Waals surface area contributed by atoms with Crippen LogP contribution in [0.1, 0.15) is 23.1 Å². The van der Waals surface area contributed by atoms with Crippen LogP contribution < -0.4 is 0 Å². The van der Waals surface area contributed by atoms with E-state index in [1.54, 1.807) is 0 Å². The van der Waals surface area contributed by atoms with Crippen molar-refractivity contribution in [3.63, 3.8) is 0 Å². The molecule has 0 atom stereocenters. The van der Waals surface area contributed by atoms with Gasteiger partial charge in [-0.05, 0) is 18.9 Å². The average molecular weight is 249 g/mol. The summed E-state index contributed by atoms with van der Waals surface area (Å²) in [5, 5.41) is 0. The van der Waals surface area contributed by atoms with Crippen LogP contribution in [0.25, 0.3) is 0 Å². The Labute approximate surface area is 105 Å². The highest BCUT2D eigenvalue weighted by molar-refractivity contribution is 8.00. The fraction of sp³-hybridized carbons (Fsp3) is 0.308. The molecule has 0 saturated heterocycles. The number of hydrogen-bond acceptors (Lipinski definition) is 3. The fourth-order valence-corrected chi connectivity index (χ4v) is 3.68. The Balaban J connectivity index is 2.00. The van der Waals surface area contributed by atoms with Crippen LogP contribution in [0, 0.1) is 6.92 Å². The summed E-state index contributed by atoms with van der Waals surface area (Å²) in [6, 6.07) is 10.5. The van der Waals surface area contributed by atoms with Crippen LogP contribution in [0.4, 0.5) is 0 Å². The number of rotatable bonds is 4. The molecule has 0 N–H and O–H groups in total. The molecule has 0 unspecified atom stereocenters. The molecule has 0 fully saturated rings. The molecule has 16 heavy (non-hydrogen) atoms. The molecule has 1 nitrogen and oxygen atoms in total. The summed E-state index contributed by atoms with van der Waals surface area (Å²) in [5.74, 6) is 1.01. The first-order valence-corrected chi connectivity index (χ1v) is 7.23. The maximum atomic E-state index is 4.62. The van der Waals surface area contributed by atoms with Crippen LogP contribution in [0.5, 0.6) is 0 Å². The summed E-state index contributed by atoms with van der Waals surface area (Å²) >= 11 is 3.64. The first-order chi connectivity index (χ1) is 7.79. The van der Waals surface area contributed by atoms with Gasteiger partial charge in [0, 0.05) is 10.6 Å². The van der Waals surface area contributed by atoms with Crippen LogP contribution >= 0.6 is 23.1 Å². The molecule has 2 rings (SSSR count). The normalized spacial score (nSPS) is 10.6. The summed E-state index contributed by atoms with van der Waals surface area (Å²) in [5.41, 5.74) is 2.61. The SMILES string of the molecule is CCc1nc(SCc2ccccc2)sc1C. The zero-order chi connectivity index (χ0) is 11.4. The molecule has 0 aliphatic carbocycles. The van der Waals surface area contributed by atoms with Crippen LogP contribution in [0.3, 0.4) is 0 Å². The number of aryl methyl sites for hydroxylation is 2. The zero-order valence-corrected chi connectivity index (χ0v) is 11.2. The largest absolute Gasteiger partial charge is 0.234 e. The maximum Gasteiger partial charge on any atom is 0.150 e. The first-order valence-electron chi connectivity index (χ1n) is 5.42. The summed E-state index contributed by atoms with van der Waals surface area (Å²) < 4.78 is 1.19. The monoisotopic (exact) mass is 249 g/mol. The van der Waals surface area contributed by atoms with E-state index in [2.05, 4.69) is 49.2 Å². The molecule has 0 bridgehead atoms. The van der Waals surface area contributed by atoms with Gasteiger partial charge in [-0.3, -0.25) is 0 Å². The van der Waals surface area contributed by atoms with Crippen molar-refractivity contribution < 1.29 is 0 Å². The van der Waals surface area contributed by atoms with Gasteiger partial charge in [-0.25, -0.2) is 4.98 Å². The van der Waals surface area contributed by atoms with Crippen LogP contribution in [-0.4, -0.2) is 4.98 Å². The summed E-state index contributed by atoms with van der Waals surface area (Å²) in [6.45, 7) is 4.32. The lowest BCUT2D eigenvalue weighted by molar-refractivity contribution is 1.01. The van der Waals surface area contributed by atoms with Crippen molar-refractivity contribution in [2.75, 3.05) is 0 Å². The quantitative estimate of drug-likeness (QED) is 0.749. The van der Waals surface area contributed by atoms with Gasteiger partial charge in [0.1, 0.15) is 0 Å². The smallest absolute Gasteiger partial charge is 0.150 e. The minimum absolute atomic E-state index is 1.01. The Kier molecular flexibility index (Phi) is 4.02. The van der Waals surface area contributed by atoms with Crippen LogP contribution in [0.15, 0.2) is 34.7 Å². The molecule has 0 spiro atoms. The maximum absolute atomic E-state index is 4.62. The summed E-state index contributed by atoms with van der Waals surface area (Å²) in [4.78, 5) is 5.98. The molecule has 84 valence electrons. The Bertz CT molecular complexity index is 448. The molecule has 0 amide bonds. The minimum atomic E-state index is 1.01. The van der Waals surface area contributed by atoms with E-state index in [-0.39, 0.29) is 0 Å². The topological polar surface area (TPSA) is 12.9 Å². The lowest BCUT2D eigenvalue weighted by Gasteiger charge is -1.97. The zero-order valence-electron chi connectivity index (χ0n) is 9.56. The van der Waals surface area contributed by atoms with Crippen LogP contribution in [0.2, 0.25) is 0 Å². The number of thioether (sulfide) groups is 1. The van der Waals surface area contributed by atoms with Crippen LogP contribution in [-0.2, 0) is 12.2 Å². The third kappa shape index (κ3) is 2.86. The van der Waals surface area contributed by atoms with E-state index in [0.717, 1.165) is 12.2 Å². The average Bonchev–Trinajstić information content (AvgIpc) is 2.69. The molecular weight excluding hydrogens is 234 g/mol. The van der Waals surface area contributed by atoms with Gasteiger partial charge < -0.3 is 0 Å². The molecule has 0 radical (unpaired) electrons. The molecule has 1 aromatic carbocycles. The molecule has 1 heterocycles. The van der Waals surface area contributed by atoms with Gasteiger partial charge in [-0.15, -0.1) is 11.3 Å². The third-order valence-corrected chi connectivity index (χ3v) is 4.64. The standard InChI is InChI=1S/C13H15NS2/c1-3-12-10(2)16-13(14-12)15-9-11-7-5-4-6-8-11/h4-8H,3,9H2,1-2H3. The van der Waals surface area contributed by atoms with E-state index in [1.165, 1.54) is 20.5 Å². The minimum Gasteiger partial charge on any atom is -0.234 e. The Hall–Kier alpha value is -0.800. The van der Waals surface area contributed by atoms with Crippen molar-refractivity contribution in [3.8, 4) is 0 Å².